The first-order valence-corrected chi connectivity index (χ1v) is 7.52. The molecule has 1 aromatic rings. The number of nitrogens with two attached hydrogens (primary N) is 1. The largest absolute Gasteiger partial charge is 0.323 e. The average molecular weight is 284 g/mol. The van der Waals surface area contributed by atoms with Gasteiger partial charge in [0.15, 0.2) is 0 Å². The van der Waals surface area contributed by atoms with Gasteiger partial charge in [0.2, 0.25) is 0 Å². The Kier molecular flexibility index (Phi) is 7.81. The maximum Gasteiger partial charge on any atom is 0.126 e. The first kappa shape index (κ1) is 16.9. The fourth-order valence-electron chi connectivity index (χ4n) is 1.83. The highest BCUT2D eigenvalue weighted by molar-refractivity contribution is 6.37. The summed E-state index contributed by atoms with van der Waals surface area (Å²) in [4.78, 5) is 8.82. The third-order valence-corrected chi connectivity index (χ3v) is 2.99. The molecular weight excluding hydrogens is 260 g/mol. The molecule has 0 spiro atoms. The van der Waals surface area contributed by atoms with Crippen LogP contribution in [0, 0.1) is 11.8 Å². The second-order valence-electron chi connectivity index (χ2n) is 4.64. The van der Waals surface area contributed by atoms with Crippen LogP contribution in [0.2, 0.25) is 0 Å². The van der Waals surface area contributed by atoms with E-state index in [1.165, 1.54) is 0 Å². The van der Waals surface area contributed by atoms with Crippen molar-refractivity contribution in [3.8, 4) is 11.8 Å². The van der Waals surface area contributed by atoms with Crippen LogP contribution in [0.15, 0.2) is 22.4 Å². The van der Waals surface area contributed by atoms with Crippen molar-refractivity contribution in [3.05, 3.63) is 29.1 Å². The van der Waals surface area contributed by atoms with E-state index in [9.17, 15) is 0 Å². The third kappa shape index (κ3) is 5.39. The van der Waals surface area contributed by atoms with E-state index in [1.54, 1.807) is 12.4 Å². The van der Waals surface area contributed by atoms with Gasteiger partial charge in [-0.1, -0.05) is 39.0 Å². The van der Waals surface area contributed by atoms with Crippen molar-refractivity contribution < 1.29 is 0 Å². The molecule has 112 valence electrons. The zero-order valence-electron chi connectivity index (χ0n) is 13.2. The Balaban J connectivity index is 3.02. The maximum atomic E-state index is 5.49. The summed E-state index contributed by atoms with van der Waals surface area (Å²) in [6, 6.07) is 2.05. The average Bonchev–Trinajstić information content (AvgIpc) is 2.53. The summed E-state index contributed by atoms with van der Waals surface area (Å²) in [5.41, 5.74) is 3.43. The molecular formula is C17H24N4. The first-order valence-electron chi connectivity index (χ1n) is 7.52. The van der Waals surface area contributed by atoms with Gasteiger partial charge in [-0.25, -0.2) is 0 Å². The summed E-state index contributed by atoms with van der Waals surface area (Å²) in [6.07, 6.45) is 7.36. The van der Waals surface area contributed by atoms with Gasteiger partial charge in [0, 0.05) is 24.7 Å². The number of rotatable bonds is 6. The van der Waals surface area contributed by atoms with Gasteiger partial charge in [0.05, 0.1) is 11.9 Å². The number of hydrogen-bond donors (Lipinski definition) is 1. The van der Waals surface area contributed by atoms with E-state index in [-0.39, 0.29) is 0 Å². The van der Waals surface area contributed by atoms with Gasteiger partial charge in [-0.2, -0.15) is 5.10 Å². The predicted molar refractivity (Wildman–Crippen MR) is 89.8 cm³/mol. The van der Waals surface area contributed by atoms with Gasteiger partial charge in [0.25, 0.3) is 0 Å². The molecule has 0 unspecified atom stereocenters. The van der Waals surface area contributed by atoms with Crippen LogP contribution in [0.3, 0.4) is 0 Å². The van der Waals surface area contributed by atoms with Crippen LogP contribution in [-0.2, 0) is 6.42 Å². The monoisotopic (exact) mass is 284 g/mol. The van der Waals surface area contributed by atoms with E-state index < -0.39 is 0 Å². The Morgan fingerprint density at radius 2 is 2.19 bits per heavy atom. The molecule has 0 saturated heterocycles. The van der Waals surface area contributed by atoms with Gasteiger partial charge in [-0.3, -0.25) is 9.98 Å². The lowest BCUT2D eigenvalue weighted by molar-refractivity contribution is 0.811. The minimum atomic E-state index is 0.623. The lowest BCUT2D eigenvalue weighted by atomic mass is 10.1. The minimum absolute atomic E-state index is 0.623. The van der Waals surface area contributed by atoms with Gasteiger partial charge < -0.3 is 5.84 Å². The fraction of sp³-hybridized carbons (Fsp3) is 0.471. The molecule has 0 aliphatic rings. The number of nitrogens with zero attached hydrogens (tertiary/aromatic N) is 3. The lowest BCUT2D eigenvalue weighted by Gasteiger charge is -2.06. The van der Waals surface area contributed by atoms with Gasteiger partial charge in [-0.05, 0) is 24.5 Å². The highest BCUT2D eigenvalue weighted by Crippen LogP contribution is 2.10. The standard InChI is InChI=1S/C17H24N4/c1-4-7-9-14-11-15(6-3)17(20-12-14)16(21-18)13-19-10-8-5-2/h11-13H,4-6,8,10,18H2,1-3H3/b19-13?,21-16+. The molecule has 0 saturated carbocycles. The zero-order valence-corrected chi connectivity index (χ0v) is 13.2. The Morgan fingerprint density at radius 3 is 2.81 bits per heavy atom. The van der Waals surface area contributed by atoms with E-state index in [0.717, 1.165) is 49.0 Å². The van der Waals surface area contributed by atoms with E-state index in [0.29, 0.717) is 5.71 Å². The number of unbranched alkanes of at least 4 members (excludes halogenated alkanes) is 1. The van der Waals surface area contributed by atoms with Gasteiger partial charge >= 0.3 is 0 Å². The number of aryl methyl sites for hydroxylation is 1. The molecule has 21 heavy (non-hydrogen) atoms. The quantitative estimate of drug-likeness (QED) is 0.287. The Bertz CT molecular complexity index is 562. The smallest absolute Gasteiger partial charge is 0.126 e. The van der Waals surface area contributed by atoms with Crippen molar-refractivity contribution in [2.75, 3.05) is 6.54 Å². The number of pyridine rings is 1. The minimum Gasteiger partial charge on any atom is -0.323 e. The van der Waals surface area contributed by atoms with E-state index in [4.69, 9.17) is 5.84 Å². The number of hydrazone groups is 1. The molecule has 2 N–H and O–H groups in total. The Morgan fingerprint density at radius 1 is 1.38 bits per heavy atom. The molecule has 4 heteroatoms. The van der Waals surface area contributed by atoms with Crippen LogP contribution in [0.5, 0.6) is 0 Å². The second-order valence-corrected chi connectivity index (χ2v) is 4.64. The zero-order chi connectivity index (χ0) is 15.5. The van der Waals surface area contributed by atoms with Gasteiger partial charge in [0.1, 0.15) is 5.71 Å². The van der Waals surface area contributed by atoms with Crippen molar-refractivity contribution >= 4 is 11.9 Å². The normalized spacial score (nSPS) is 11.5. The van der Waals surface area contributed by atoms with Crippen molar-refractivity contribution in [1.82, 2.24) is 4.98 Å². The first-order chi connectivity index (χ1) is 10.3. The summed E-state index contributed by atoms with van der Waals surface area (Å²) in [5, 5.41) is 3.83. The highest BCUT2D eigenvalue weighted by Gasteiger charge is 2.09. The van der Waals surface area contributed by atoms with Crippen molar-refractivity contribution in [2.45, 2.75) is 46.5 Å². The summed E-state index contributed by atoms with van der Waals surface area (Å²) in [7, 11) is 0. The molecule has 0 radical (unpaired) electrons. The predicted octanol–water partition coefficient (Wildman–Crippen LogP) is 2.94. The lowest BCUT2D eigenvalue weighted by Crippen LogP contribution is -2.12. The molecule has 0 bridgehead atoms. The molecule has 0 aliphatic carbocycles. The summed E-state index contributed by atoms with van der Waals surface area (Å²) in [5.74, 6) is 11.6. The third-order valence-electron chi connectivity index (χ3n) is 2.99. The maximum absolute atomic E-state index is 5.49. The molecule has 0 aromatic carbocycles. The molecule has 0 fully saturated rings. The van der Waals surface area contributed by atoms with Crippen LogP contribution < -0.4 is 5.84 Å². The Hall–Kier alpha value is -2.15. The van der Waals surface area contributed by atoms with E-state index in [1.807, 2.05) is 6.92 Å². The molecule has 0 aliphatic heterocycles. The van der Waals surface area contributed by atoms with Crippen molar-refractivity contribution in [3.63, 3.8) is 0 Å². The van der Waals surface area contributed by atoms with Crippen LogP contribution in [0.25, 0.3) is 0 Å². The highest BCUT2D eigenvalue weighted by atomic mass is 15.1. The Labute approximate surface area is 127 Å². The van der Waals surface area contributed by atoms with Gasteiger partial charge in [-0.15, -0.1) is 0 Å². The summed E-state index contributed by atoms with van der Waals surface area (Å²) >= 11 is 0. The molecule has 0 atom stereocenters. The van der Waals surface area contributed by atoms with E-state index >= 15 is 0 Å². The molecule has 1 rings (SSSR count). The number of aliphatic imine (C=N–C) groups is 1. The summed E-state index contributed by atoms with van der Waals surface area (Å²) < 4.78 is 0. The molecule has 1 heterocycles. The van der Waals surface area contributed by atoms with Crippen LogP contribution >= 0.6 is 0 Å². The number of hydrogen-bond acceptors (Lipinski definition) is 4. The molecule has 0 amide bonds. The van der Waals surface area contributed by atoms with Crippen molar-refractivity contribution in [1.29, 1.82) is 0 Å². The SMILES string of the molecule is CCC#Cc1cnc(/C(C=NCCCC)=N/N)c(CC)c1. The topological polar surface area (TPSA) is 63.6 Å². The van der Waals surface area contributed by atoms with Crippen LogP contribution in [0.1, 0.15) is 56.9 Å². The summed E-state index contributed by atoms with van der Waals surface area (Å²) in [6.45, 7) is 7.04. The fourth-order valence-corrected chi connectivity index (χ4v) is 1.83. The van der Waals surface area contributed by atoms with E-state index in [2.05, 4.69) is 46.8 Å². The van der Waals surface area contributed by atoms with Crippen molar-refractivity contribution in [2.24, 2.45) is 15.9 Å². The van der Waals surface area contributed by atoms with Crippen LogP contribution in [0.4, 0.5) is 0 Å². The second kappa shape index (κ2) is 9.71. The molecule has 1 aromatic heterocycles. The molecule has 4 nitrogen and oxygen atoms in total. The number of aromatic nitrogens is 1. The van der Waals surface area contributed by atoms with Crippen LogP contribution in [-0.4, -0.2) is 23.5 Å².